The van der Waals surface area contributed by atoms with Crippen LogP contribution in [-0.4, -0.2) is 22.4 Å². The fourth-order valence-electron chi connectivity index (χ4n) is 2.07. The van der Waals surface area contributed by atoms with E-state index in [1.165, 1.54) is 0 Å². The second-order valence-corrected chi connectivity index (χ2v) is 5.60. The summed E-state index contributed by atoms with van der Waals surface area (Å²) in [5, 5.41) is 19.2. The number of hydrogen-bond acceptors (Lipinski definition) is 6. The Morgan fingerprint density at radius 1 is 1.17 bits per heavy atom. The van der Waals surface area contributed by atoms with Crippen molar-refractivity contribution in [2.45, 2.75) is 4.90 Å². The number of aromatic nitrogens is 2. The SMILES string of the molecule is CSc1ccccc1-c1nnc(NC(=O)c2ccc(C#N)cc2)o1. The van der Waals surface area contributed by atoms with E-state index in [0.717, 1.165) is 10.5 Å². The number of nitriles is 1. The number of nitrogens with zero attached hydrogens (tertiary/aromatic N) is 3. The van der Waals surface area contributed by atoms with Crippen LogP contribution >= 0.6 is 11.8 Å². The molecule has 0 radical (unpaired) electrons. The van der Waals surface area contributed by atoms with Gasteiger partial charge >= 0.3 is 6.01 Å². The summed E-state index contributed by atoms with van der Waals surface area (Å²) < 4.78 is 5.53. The van der Waals surface area contributed by atoms with Gasteiger partial charge in [0.15, 0.2) is 0 Å². The lowest BCUT2D eigenvalue weighted by atomic mass is 10.1. The van der Waals surface area contributed by atoms with E-state index in [4.69, 9.17) is 9.68 Å². The van der Waals surface area contributed by atoms with E-state index in [1.807, 2.05) is 36.6 Å². The van der Waals surface area contributed by atoms with Gasteiger partial charge in [0.2, 0.25) is 0 Å². The van der Waals surface area contributed by atoms with E-state index in [-0.39, 0.29) is 11.9 Å². The number of nitrogens with one attached hydrogen (secondary N) is 1. The number of carbonyl (C=O) groups is 1. The largest absolute Gasteiger partial charge is 0.403 e. The van der Waals surface area contributed by atoms with Crippen LogP contribution < -0.4 is 5.32 Å². The molecule has 118 valence electrons. The average Bonchev–Trinajstić information content (AvgIpc) is 3.10. The van der Waals surface area contributed by atoms with Crippen molar-refractivity contribution in [3.05, 3.63) is 59.7 Å². The summed E-state index contributed by atoms with van der Waals surface area (Å²) in [5.74, 6) is -0.0390. The Bertz CT molecular complexity index is 913. The van der Waals surface area contributed by atoms with Crippen molar-refractivity contribution in [1.82, 2.24) is 10.2 Å². The molecule has 0 atom stereocenters. The van der Waals surface area contributed by atoms with E-state index >= 15 is 0 Å². The molecule has 0 aliphatic carbocycles. The third kappa shape index (κ3) is 3.29. The smallest absolute Gasteiger partial charge is 0.322 e. The molecule has 0 aliphatic heterocycles. The first-order valence-corrected chi connectivity index (χ1v) is 8.22. The van der Waals surface area contributed by atoms with Crippen LogP contribution in [0.4, 0.5) is 6.01 Å². The van der Waals surface area contributed by atoms with Crippen LogP contribution in [-0.2, 0) is 0 Å². The Hall–Kier alpha value is -3.11. The van der Waals surface area contributed by atoms with Crippen LogP contribution in [0.15, 0.2) is 57.8 Å². The average molecular weight is 336 g/mol. The molecule has 2 aromatic carbocycles. The summed E-state index contributed by atoms with van der Waals surface area (Å²) in [6.45, 7) is 0. The fraction of sp³-hybridized carbons (Fsp3) is 0.0588. The first-order chi connectivity index (χ1) is 11.7. The molecule has 0 saturated heterocycles. The Morgan fingerprint density at radius 3 is 2.62 bits per heavy atom. The predicted octanol–water partition coefficient (Wildman–Crippen LogP) is 3.58. The van der Waals surface area contributed by atoms with Gasteiger partial charge in [-0.05, 0) is 42.7 Å². The van der Waals surface area contributed by atoms with E-state index < -0.39 is 0 Å². The Labute approximate surface area is 142 Å². The monoisotopic (exact) mass is 336 g/mol. The minimum absolute atomic E-state index is 0.0234. The number of amides is 1. The molecule has 1 N–H and O–H groups in total. The number of benzene rings is 2. The third-order valence-corrected chi connectivity index (χ3v) is 4.05. The van der Waals surface area contributed by atoms with Crippen molar-refractivity contribution in [2.75, 3.05) is 11.6 Å². The van der Waals surface area contributed by atoms with Crippen molar-refractivity contribution in [1.29, 1.82) is 5.26 Å². The molecule has 3 aromatic rings. The Balaban J connectivity index is 1.78. The standard InChI is InChI=1S/C17H12N4O2S/c1-24-14-5-3-2-4-13(14)16-20-21-17(23-16)19-15(22)12-8-6-11(10-18)7-9-12/h2-9H,1H3,(H,19,21,22). The van der Waals surface area contributed by atoms with Gasteiger partial charge in [0.25, 0.3) is 11.8 Å². The topological polar surface area (TPSA) is 91.8 Å². The zero-order valence-corrected chi connectivity index (χ0v) is 13.5. The molecule has 1 aromatic heterocycles. The first kappa shape index (κ1) is 15.8. The van der Waals surface area contributed by atoms with Crippen molar-refractivity contribution < 1.29 is 9.21 Å². The van der Waals surface area contributed by atoms with Gasteiger partial charge in [0.05, 0.1) is 17.2 Å². The number of thioether (sulfide) groups is 1. The number of anilines is 1. The van der Waals surface area contributed by atoms with Crippen molar-refractivity contribution in [2.24, 2.45) is 0 Å². The van der Waals surface area contributed by atoms with Crippen LogP contribution in [0, 0.1) is 11.3 Å². The summed E-state index contributed by atoms with van der Waals surface area (Å²) in [6.07, 6.45) is 1.96. The van der Waals surface area contributed by atoms with E-state index in [2.05, 4.69) is 15.5 Å². The molecule has 0 fully saturated rings. The molecule has 3 rings (SSSR count). The van der Waals surface area contributed by atoms with Crippen molar-refractivity contribution in [3.63, 3.8) is 0 Å². The summed E-state index contributed by atoms with van der Waals surface area (Å²) in [5.41, 5.74) is 1.70. The van der Waals surface area contributed by atoms with Gasteiger partial charge < -0.3 is 4.42 Å². The lowest BCUT2D eigenvalue weighted by Gasteiger charge is -2.02. The molecular formula is C17H12N4O2S. The first-order valence-electron chi connectivity index (χ1n) is 6.99. The van der Waals surface area contributed by atoms with Crippen LogP contribution in [0.2, 0.25) is 0 Å². The molecule has 6 nitrogen and oxygen atoms in total. The minimum atomic E-state index is -0.382. The molecular weight excluding hydrogens is 324 g/mol. The van der Waals surface area contributed by atoms with Crippen LogP contribution in [0.3, 0.4) is 0 Å². The lowest BCUT2D eigenvalue weighted by molar-refractivity contribution is 0.102. The summed E-state index contributed by atoms with van der Waals surface area (Å²) in [4.78, 5) is 13.2. The maximum absolute atomic E-state index is 12.2. The summed E-state index contributed by atoms with van der Waals surface area (Å²) in [7, 11) is 0. The molecule has 0 saturated carbocycles. The maximum Gasteiger partial charge on any atom is 0.322 e. The number of carbonyl (C=O) groups excluding carboxylic acids is 1. The van der Waals surface area contributed by atoms with Crippen molar-refractivity contribution >= 4 is 23.7 Å². The van der Waals surface area contributed by atoms with Gasteiger partial charge in [-0.25, -0.2) is 0 Å². The zero-order valence-electron chi connectivity index (χ0n) is 12.7. The second kappa shape index (κ2) is 6.98. The van der Waals surface area contributed by atoms with Gasteiger partial charge in [-0.15, -0.1) is 16.9 Å². The van der Waals surface area contributed by atoms with E-state index in [0.29, 0.717) is 17.0 Å². The molecule has 0 unspecified atom stereocenters. The minimum Gasteiger partial charge on any atom is -0.403 e. The highest BCUT2D eigenvalue weighted by molar-refractivity contribution is 7.98. The van der Waals surface area contributed by atoms with Gasteiger partial charge in [-0.2, -0.15) is 5.26 Å². The fourth-order valence-corrected chi connectivity index (χ4v) is 2.66. The molecule has 1 amide bonds. The van der Waals surface area contributed by atoms with E-state index in [1.54, 1.807) is 36.0 Å². The van der Waals surface area contributed by atoms with Crippen LogP contribution in [0.25, 0.3) is 11.5 Å². The van der Waals surface area contributed by atoms with Gasteiger partial charge in [0, 0.05) is 10.5 Å². The highest BCUT2D eigenvalue weighted by Crippen LogP contribution is 2.29. The van der Waals surface area contributed by atoms with Gasteiger partial charge in [0.1, 0.15) is 0 Å². The van der Waals surface area contributed by atoms with Crippen LogP contribution in [0.1, 0.15) is 15.9 Å². The predicted molar refractivity (Wildman–Crippen MR) is 90.6 cm³/mol. The number of hydrogen-bond donors (Lipinski definition) is 1. The third-order valence-electron chi connectivity index (χ3n) is 3.26. The molecule has 0 aliphatic rings. The Kier molecular flexibility index (Phi) is 4.59. The summed E-state index contributed by atoms with van der Waals surface area (Å²) in [6, 6.07) is 15.9. The molecule has 24 heavy (non-hydrogen) atoms. The van der Waals surface area contributed by atoms with Crippen LogP contribution in [0.5, 0.6) is 0 Å². The Morgan fingerprint density at radius 2 is 1.92 bits per heavy atom. The molecule has 1 heterocycles. The second-order valence-electron chi connectivity index (χ2n) is 4.76. The lowest BCUT2D eigenvalue weighted by Crippen LogP contribution is -2.11. The number of rotatable bonds is 4. The van der Waals surface area contributed by atoms with Gasteiger partial charge in [-0.1, -0.05) is 17.2 Å². The van der Waals surface area contributed by atoms with Crippen molar-refractivity contribution in [3.8, 4) is 17.5 Å². The molecule has 7 heteroatoms. The molecule has 0 bridgehead atoms. The normalized spacial score (nSPS) is 10.2. The molecule has 0 spiro atoms. The van der Waals surface area contributed by atoms with Gasteiger partial charge in [-0.3, -0.25) is 10.1 Å². The quantitative estimate of drug-likeness (QED) is 0.732. The summed E-state index contributed by atoms with van der Waals surface area (Å²) >= 11 is 1.57. The maximum atomic E-state index is 12.2. The zero-order chi connectivity index (χ0) is 16.9. The van der Waals surface area contributed by atoms with E-state index in [9.17, 15) is 4.79 Å². The highest BCUT2D eigenvalue weighted by atomic mass is 32.2. The highest BCUT2D eigenvalue weighted by Gasteiger charge is 2.14.